The molecular formula is C13H7BrCl2O2. The van der Waals surface area contributed by atoms with Crippen LogP contribution in [0.1, 0.15) is 10.4 Å². The van der Waals surface area contributed by atoms with Crippen LogP contribution in [-0.4, -0.2) is 4.69 Å². The van der Waals surface area contributed by atoms with Crippen molar-refractivity contribution in [3.8, 4) is 11.5 Å². The van der Waals surface area contributed by atoms with Crippen molar-refractivity contribution in [2.45, 2.75) is 0 Å². The SMILES string of the molecule is O=C(Br)c1ccccc1Oc1ccc(Cl)c(Cl)c1. The molecule has 0 unspecified atom stereocenters. The van der Waals surface area contributed by atoms with Gasteiger partial charge in [-0.15, -0.1) is 0 Å². The molecule has 5 heteroatoms. The standard InChI is InChI=1S/C13H7BrCl2O2/c14-13(17)9-3-1-2-4-12(9)18-8-5-6-10(15)11(16)7-8/h1-7H. The largest absolute Gasteiger partial charge is 0.457 e. The summed E-state index contributed by atoms with van der Waals surface area (Å²) in [6.45, 7) is 0. The Hall–Kier alpha value is -1.03. The Bertz CT molecular complexity index is 599. The molecule has 18 heavy (non-hydrogen) atoms. The third-order valence-corrected chi connectivity index (χ3v) is 3.38. The molecule has 2 aromatic rings. The topological polar surface area (TPSA) is 26.3 Å². The lowest BCUT2D eigenvalue weighted by atomic mass is 10.2. The van der Waals surface area contributed by atoms with Gasteiger partial charge in [-0.05, 0) is 40.2 Å². The Morgan fingerprint density at radius 1 is 1.06 bits per heavy atom. The number of carbonyl (C=O) groups excluding carboxylic acids is 1. The zero-order valence-electron chi connectivity index (χ0n) is 8.99. The first-order valence-electron chi connectivity index (χ1n) is 4.99. The first-order valence-corrected chi connectivity index (χ1v) is 6.54. The fourth-order valence-electron chi connectivity index (χ4n) is 1.39. The van der Waals surface area contributed by atoms with Crippen molar-refractivity contribution in [2.75, 3.05) is 0 Å². The summed E-state index contributed by atoms with van der Waals surface area (Å²) in [5.41, 5.74) is 0.448. The fourth-order valence-corrected chi connectivity index (χ4v) is 2.00. The van der Waals surface area contributed by atoms with Crippen LogP contribution in [0.5, 0.6) is 11.5 Å². The summed E-state index contributed by atoms with van der Waals surface area (Å²) < 4.78 is 5.37. The average Bonchev–Trinajstić information content (AvgIpc) is 2.34. The quantitative estimate of drug-likeness (QED) is 0.703. The van der Waals surface area contributed by atoms with Gasteiger partial charge in [0.25, 0.3) is 0 Å². The lowest BCUT2D eigenvalue weighted by molar-refractivity contribution is 0.109. The Morgan fingerprint density at radius 3 is 2.44 bits per heavy atom. The smallest absolute Gasteiger partial charge is 0.231 e. The highest BCUT2D eigenvalue weighted by molar-refractivity contribution is 9.18. The molecule has 0 atom stereocenters. The number of ether oxygens (including phenoxy) is 1. The first kappa shape index (κ1) is 13.4. The van der Waals surface area contributed by atoms with Crippen molar-refractivity contribution in [1.29, 1.82) is 0 Å². The van der Waals surface area contributed by atoms with Gasteiger partial charge in [-0.1, -0.05) is 35.3 Å². The molecule has 0 saturated carbocycles. The molecule has 0 bridgehead atoms. The van der Waals surface area contributed by atoms with Gasteiger partial charge >= 0.3 is 0 Å². The molecule has 2 rings (SSSR count). The van der Waals surface area contributed by atoms with Crippen LogP contribution in [0.3, 0.4) is 0 Å². The van der Waals surface area contributed by atoms with Gasteiger partial charge in [-0.25, -0.2) is 0 Å². The van der Waals surface area contributed by atoms with E-state index in [1.165, 1.54) is 0 Å². The monoisotopic (exact) mass is 344 g/mol. The molecule has 92 valence electrons. The Morgan fingerprint density at radius 2 is 1.78 bits per heavy atom. The van der Waals surface area contributed by atoms with Gasteiger partial charge in [-0.2, -0.15) is 0 Å². The van der Waals surface area contributed by atoms with Crippen LogP contribution in [0.2, 0.25) is 10.0 Å². The van der Waals surface area contributed by atoms with E-state index in [4.69, 9.17) is 27.9 Å². The molecule has 0 fully saturated rings. The van der Waals surface area contributed by atoms with Crippen LogP contribution in [0, 0.1) is 0 Å². The number of hydrogen-bond acceptors (Lipinski definition) is 2. The van der Waals surface area contributed by atoms with Gasteiger partial charge in [-0.3, -0.25) is 4.79 Å². The molecule has 0 spiro atoms. The summed E-state index contributed by atoms with van der Waals surface area (Å²) in [4.78, 5) is 11.4. The van der Waals surface area contributed by atoms with Crippen LogP contribution in [0.15, 0.2) is 42.5 Å². The maximum Gasteiger partial charge on any atom is 0.231 e. The number of para-hydroxylation sites is 1. The minimum Gasteiger partial charge on any atom is -0.457 e. The van der Waals surface area contributed by atoms with Gasteiger partial charge in [0.2, 0.25) is 4.69 Å². The minimum absolute atomic E-state index is 0.238. The van der Waals surface area contributed by atoms with E-state index in [1.807, 2.05) is 0 Å². The number of benzene rings is 2. The Kier molecular flexibility index (Phi) is 4.27. The second-order valence-electron chi connectivity index (χ2n) is 3.45. The van der Waals surface area contributed by atoms with E-state index in [2.05, 4.69) is 15.9 Å². The van der Waals surface area contributed by atoms with Crippen LogP contribution in [-0.2, 0) is 0 Å². The normalized spacial score (nSPS) is 10.2. The maximum atomic E-state index is 11.4. The molecule has 0 heterocycles. The molecule has 0 aliphatic heterocycles. The van der Waals surface area contributed by atoms with Crippen LogP contribution >= 0.6 is 39.1 Å². The average molecular weight is 346 g/mol. The summed E-state index contributed by atoms with van der Waals surface area (Å²) in [6, 6.07) is 11.8. The van der Waals surface area contributed by atoms with Crippen molar-refractivity contribution >= 4 is 43.8 Å². The van der Waals surface area contributed by atoms with Crippen LogP contribution < -0.4 is 4.74 Å². The molecule has 2 nitrogen and oxygen atoms in total. The van der Waals surface area contributed by atoms with Gasteiger partial charge < -0.3 is 4.74 Å². The van der Waals surface area contributed by atoms with Crippen molar-refractivity contribution in [3.05, 3.63) is 58.1 Å². The second-order valence-corrected chi connectivity index (χ2v) is 4.98. The van der Waals surface area contributed by atoms with Crippen molar-refractivity contribution < 1.29 is 9.53 Å². The molecule has 0 radical (unpaired) electrons. The zero-order valence-corrected chi connectivity index (χ0v) is 12.1. The van der Waals surface area contributed by atoms with E-state index >= 15 is 0 Å². The van der Waals surface area contributed by atoms with Crippen LogP contribution in [0.4, 0.5) is 0 Å². The first-order chi connectivity index (χ1) is 8.58. The molecule has 0 aliphatic carbocycles. The van der Waals surface area contributed by atoms with Crippen LogP contribution in [0.25, 0.3) is 0 Å². The molecule has 0 amide bonds. The summed E-state index contributed by atoms with van der Waals surface area (Å²) in [7, 11) is 0. The van der Waals surface area contributed by atoms with E-state index in [9.17, 15) is 4.79 Å². The van der Waals surface area contributed by atoms with Crippen molar-refractivity contribution in [1.82, 2.24) is 0 Å². The van der Waals surface area contributed by atoms with Gasteiger partial charge in [0.05, 0.1) is 15.6 Å². The lowest BCUT2D eigenvalue weighted by Crippen LogP contribution is -1.94. The van der Waals surface area contributed by atoms with Crippen molar-refractivity contribution in [3.63, 3.8) is 0 Å². The minimum atomic E-state index is -0.238. The Balaban J connectivity index is 2.34. The number of carbonyl (C=O) groups is 1. The molecule has 2 aromatic carbocycles. The van der Waals surface area contributed by atoms with E-state index in [-0.39, 0.29) is 4.69 Å². The second kappa shape index (κ2) is 5.74. The van der Waals surface area contributed by atoms with E-state index in [1.54, 1.807) is 42.5 Å². The number of rotatable bonds is 3. The van der Waals surface area contributed by atoms with E-state index in [0.29, 0.717) is 27.1 Å². The predicted octanol–water partition coefficient (Wildman–Crippen LogP) is 5.32. The van der Waals surface area contributed by atoms with Gasteiger partial charge in [0.1, 0.15) is 11.5 Å². The van der Waals surface area contributed by atoms with Gasteiger partial charge in [0, 0.05) is 6.07 Å². The Labute approximate surface area is 123 Å². The molecule has 0 aromatic heterocycles. The predicted molar refractivity (Wildman–Crippen MR) is 76.2 cm³/mol. The molecule has 0 aliphatic rings. The van der Waals surface area contributed by atoms with Crippen molar-refractivity contribution in [2.24, 2.45) is 0 Å². The lowest BCUT2D eigenvalue weighted by Gasteiger charge is -2.09. The highest BCUT2D eigenvalue weighted by Crippen LogP contribution is 2.31. The van der Waals surface area contributed by atoms with E-state index < -0.39 is 0 Å². The highest BCUT2D eigenvalue weighted by atomic mass is 79.9. The molecule has 0 N–H and O–H groups in total. The number of halogens is 3. The summed E-state index contributed by atoms with van der Waals surface area (Å²) >= 11 is 14.6. The zero-order chi connectivity index (χ0) is 13.1. The summed E-state index contributed by atoms with van der Waals surface area (Å²) in [6.07, 6.45) is 0. The fraction of sp³-hybridized carbons (Fsp3) is 0. The summed E-state index contributed by atoms with van der Waals surface area (Å²) in [5, 5.41) is 0.852. The third kappa shape index (κ3) is 3.05. The number of hydrogen-bond donors (Lipinski definition) is 0. The highest BCUT2D eigenvalue weighted by Gasteiger charge is 2.10. The van der Waals surface area contributed by atoms with E-state index in [0.717, 1.165) is 0 Å². The summed E-state index contributed by atoms with van der Waals surface area (Å²) in [5.74, 6) is 0.975. The molecule has 0 saturated heterocycles. The molecular weight excluding hydrogens is 339 g/mol. The maximum absolute atomic E-state index is 11.4. The third-order valence-electron chi connectivity index (χ3n) is 2.22. The van der Waals surface area contributed by atoms with Gasteiger partial charge in [0.15, 0.2) is 0 Å².